The molecule has 15 heavy (non-hydrogen) atoms. The van der Waals surface area contributed by atoms with E-state index < -0.39 is 19.1 Å². The van der Waals surface area contributed by atoms with Crippen molar-refractivity contribution in [1.29, 1.82) is 0 Å². The van der Waals surface area contributed by atoms with Gasteiger partial charge in [-0.3, -0.25) is 4.57 Å². The third-order valence-electron chi connectivity index (χ3n) is 1.27. The third kappa shape index (κ3) is 5.57. The molecule has 0 heterocycles. The number of halogens is 3. The largest absolute Gasteiger partial charge is 0.424 e. The van der Waals surface area contributed by atoms with E-state index in [1.807, 2.05) is 0 Å². The Bertz CT molecular complexity index is 336. The van der Waals surface area contributed by atoms with Gasteiger partial charge in [0.25, 0.3) is 0 Å². The van der Waals surface area contributed by atoms with Gasteiger partial charge in [-0.25, -0.2) is 0 Å². The van der Waals surface area contributed by atoms with Crippen LogP contribution in [0.2, 0.25) is 0 Å². The van der Waals surface area contributed by atoms with E-state index in [0.717, 1.165) is 6.08 Å². The van der Waals surface area contributed by atoms with E-state index >= 15 is 0 Å². The molecule has 3 nitrogen and oxygen atoms in total. The Kier molecular flexibility index (Phi) is 5.00. The van der Waals surface area contributed by atoms with E-state index in [-0.39, 0.29) is 0 Å². The first-order chi connectivity index (χ1) is 6.69. The molecule has 0 saturated heterocycles. The van der Waals surface area contributed by atoms with Crippen molar-refractivity contribution < 1.29 is 27.5 Å². The van der Waals surface area contributed by atoms with Crippen LogP contribution < -0.4 is 0 Å². The minimum Gasteiger partial charge on any atom is -0.321 e. The van der Waals surface area contributed by atoms with Crippen molar-refractivity contribution >= 4 is 7.60 Å². The van der Waals surface area contributed by atoms with Gasteiger partial charge in [-0.05, 0) is 13.0 Å². The number of hydrogen-bond acceptors (Lipinski definition) is 1. The van der Waals surface area contributed by atoms with Crippen molar-refractivity contribution in [2.45, 2.75) is 13.1 Å². The zero-order valence-corrected chi connectivity index (χ0v) is 8.66. The molecular weight excluding hydrogens is 232 g/mol. The maximum atomic E-state index is 12.1. The molecule has 0 fully saturated rings. The van der Waals surface area contributed by atoms with Crippen LogP contribution in [0.15, 0.2) is 35.7 Å². The van der Waals surface area contributed by atoms with Crippen LogP contribution in [0.5, 0.6) is 0 Å². The smallest absolute Gasteiger partial charge is 0.321 e. The van der Waals surface area contributed by atoms with Gasteiger partial charge in [-0.1, -0.05) is 24.3 Å². The SMILES string of the molecule is C/C=C/C=C/C=C(\C(F)(F)F)P(=O)(O)O. The monoisotopic (exact) mass is 242 g/mol. The summed E-state index contributed by atoms with van der Waals surface area (Å²) in [5.74, 6) is 0. The summed E-state index contributed by atoms with van der Waals surface area (Å²) in [4.78, 5) is 16.9. The summed E-state index contributed by atoms with van der Waals surface area (Å²) in [6.07, 6.45) is 0.489. The molecule has 0 aromatic heterocycles. The zero-order valence-electron chi connectivity index (χ0n) is 7.77. The Morgan fingerprint density at radius 1 is 1.20 bits per heavy atom. The minimum absolute atomic E-state index is 0.362. The van der Waals surface area contributed by atoms with Crippen LogP contribution in [0.1, 0.15) is 6.92 Å². The molecule has 0 aromatic rings. The Hall–Kier alpha value is -0.840. The highest BCUT2D eigenvalue weighted by Gasteiger charge is 2.44. The van der Waals surface area contributed by atoms with Crippen LogP contribution in [0.3, 0.4) is 0 Å². The van der Waals surface area contributed by atoms with Crippen molar-refractivity contribution in [3.63, 3.8) is 0 Å². The Labute approximate surface area is 84.8 Å². The quantitative estimate of drug-likeness (QED) is 0.591. The number of allylic oxidation sites excluding steroid dienone is 6. The second-order valence-electron chi connectivity index (χ2n) is 2.50. The maximum absolute atomic E-state index is 12.1. The lowest BCUT2D eigenvalue weighted by molar-refractivity contribution is -0.0863. The Morgan fingerprint density at radius 2 is 1.73 bits per heavy atom. The molecule has 0 radical (unpaired) electrons. The molecule has 0 aromatic carbocycles. The normalized spacial score (nSPS) is 15.5. The summed E-state index contributed by atoms with van der Waals surface area (Å²) >= 11 is 0. The van der Waals surface area contributed by atoms with Gasteiger partial charge in [0, 0.05) is 0 Å². The van der Waals surface area contributed by atoms with Crippen LogP contribution in [0.25, 0.3) is 0 Å². The zero-order chi connectivity index (χ0) is 12.1. The van der Waals surface area contributed by atoms with Gasteiger partial charge in [-0.15, -0.1) is 0 Å². The summed E-state index contributed by atoms with van der Waals surface area (Å²) in [7, 11) is -5.29. The second-order valence-corrected chi connectivity index (χ2v) is 4.07. The molecule has 0 aliphatic heterocycles. The highest BCUT2D eigenvalue weighted by molar-refractivity contribution is 7.56. The summed E-state index contributed by atoms with van der Waals surface area (Å²) in [5.41, 5.74) is 0. The molecule has 86 valence electrons. The van der Waals surface area contributed by atoms with Gasteiger partial charge in [-0.2, -0.15) is 13.2 Å². The fourth-order valence-electron chi connectivity index (χ4n) is 0.679. The van der Waals surface area contributed by atoms with Gasteiger partial charge in [0.1, 0.15) is 5.31 Å². The van der Waals surface area contributed by atoms with Crippen LogP contribution >= 0.6 is 7.60 Å². The molecule has 0 atom stereocenters. The molecule has 0 unspecified atom stereocenters. The van der Waals surface area contributed by atoms with Crippen molar-refractivity contribution in [1.82, 2.24) is 0 Å². The van der Waals surface area contributed by atoms with Gasteiger partial charge >= 0.3 is 13.8 Å². The van der Waals surface area contributed by atoms with E-state index in [4.69, 9.17) is 9.79 Å². The Morgan fingerprint density at radius 3 is 2.07 bits per heavy atom. The molecule has 0 aliphatic carbocycles. The lowest BCUT2D eigenvalue weighted by atomic mass is 10.4. The first-order valence-corrected chi connectivity index (χ1v) is 5.43. The maximum Gasteiger partial charge on any atom is 0.424 e. The van der Waals surface area contributed by atoms with Crippen molar-refractivity contribution in [2.24, 2.45) is 0 Å². The van der Waals surface area contributed by atoms with Crippen molar-refractivity contribution in [3.05, 3.63) is 35.7 Å². The average Bonchev–Trinajstić information content (AvgIpc) is 1.99. The minimum atomic E-state index is -5.29. The molecule has 0 aliphatic rings. The van der Waals surface area contributed by atoms with Gasteiger partial charge in [0.05, 0.1) is 0 Å². The standard InChI is InChI=1S/C8H10F3O3P/c1-2-3-4-5-6-7(8(9,10)11)15(12,13)14/h2-6H,1H3,(H2,12,13,14)/b3-2+,5-4+,7-6+. The van der Waals surface area contributed by atoms with Gasteiger partial charge in [0.15, 0.2) is 0 Å². The number of rotatable bonds is 3. The van der Waals surface area contributed by atoms with E-state index in [9.17, 15) is 17.7 Å². The van der Waals surface area contributed by atoms with Crippen molar-refractivity contribution in [3.8, 4) is 0 Å². The highest BCUT2D eigenvalue weighted by Crippen LogP contribution is 2.52. The fourth-order valence-corrected chi connectivity index (χ4v) is 1.29. The lowest BCUT2D eigenvalue weighted by Crippen LogP contribution is -2.11. The molecule has 0 amide bonds. The van der Waals surface area contributed by atoms with E-state index in [2.05, 4.69) is 0 Å². The molecule has 0 rings (SSSR count). The predicted octanol–water partition coefficient (Wildman–Crippen LogP) is 2.74. The Balaban J connectivity index is 5.07. The van der Waals surface area contributed by atoms with Crippen LogP contribution in [0, 0.1) is 0 Å². The average molecular weight is 242 g/mol. The summed E-state index contributed by atoms with van der Waals surface area (Å²) in [6.45, 7) is 1.65. The van der Waals surface area contributed by atoms with E-state index in [1.54, 1.807) is 13.0 Å². The third-order valence-corrected chi connectivity index (χ3v) is 2.30. The molecule has 0 spiro atoms. The predicted molar refractivity (Wildman–Crippen MR) is 50.1 cm³/mol. The van der Waals surface area contributed by atoms with Crippen LogP contribution in [-0.2, 0) is 4.57 Å². The molecule has 2 N–H and O–H groups in total. The van der Waals surface area contributed by atoms with E-state index in [0.29, 0.717) is 6.08 Å². The first kappa shape index (κ1) is 14.2. The molecule has 0 bridgehead atoms. The van der Waals surface area contributed by atoms with Crippen molar-refractivity contribution in [2.75, 3.05) is 0 Å². The fraction of sp³-hybridized carbons (Fsp3) is 0.250. The van der Waals surface area contributed by atoms with Crippen LogP contribution in [-0.4, -0.2) is 16.0 Å². The summed E-state index contributed by atoms with van der Waals surface area (Å²) in [6, 6.07) is 0. The van der Waals surface area contributed by atoms with Gasteiger partial charge in [0.2, 0.25) is 0 Å². The van der Waals surface area contributed by atoms with Crippen LogP contribution in [0.4, 0.5) is 13.2 Å². The second kappa shape index (κ2) is 5.30. The molecular formula is C8H10F3O3P. The topological polar surface area (TPSA) is 57.5 Å². The highest BCUT2D eigenvalue weighted by atomic mass is 31.2. The summed E-state index contributed by atoms with van der Waals surface area (Å²) < 4.78 is 46.8. The lowest BCUT2D eigenvalue weighted by Gasteiger charge is -2.11. The van der Waals surface area contributed by atoms with Gasteiger partial charge < -0.3 is 9.79 Å². The molecule has 7 heteroatoms. The number of hydrogen-bond donors (Lipinski definition) is 2. The summed E-state index contributed by atoms with van der Waals surface area (Å²) in [5, 5.41) is -1.85. The first-order valence-electron chi connectivity index (χ1n) is 3.82. The van der Waals surface area contributed by atoms with E-state index in [1.165, 1.54) is 12.2 Å². The number of alkyl halides is 3. The molecule has 0 saturated carbocycles.